The summed E-state index contributed by atoms with van der Waals surface area (Å²) in [5, 5.41) is 9.57. The van der Waals surface area contributed by atoms with Gasteiger partial charge in [0.15, 0.2) is 0 Å². The van der Waals surface area contributed by atoms with Crippen LogP contribution in [0.3, 0.4) is 0 Å². The predicted octanol–water partition coefficient (Wildman–Crippen LogP) is 1.97. The summed E-state index contributed by atoms with van der Waals surface area (Å²) in [6.07, 6.45) is 5.60. The van der Waals surface area contributed by atoms with E-state index in [0.717, 1.165) is 58.4 Å². The Morgan fingerprint density at radius 2 is 1.67 bits per heavy atom. The summed E-state index contributed by atoms with van der Waals surface area (Å²) >= 11 is 0. The third kappa shape index (κ3) is 3.96. The smallest absolute Gasteiger partial charge is 0.310 e. The zero-order valence-corrected chi connectivity index (χ0v) is 13.1. The van der Waals surface area contributed by atoms with Crippen LogP contribution in [-0.2, 0) is 9.59 Å². The molecule has 0 aromatic heterocycles. The highest BCUT2D eigenvalue weighted by Crippen LogP contribution is 2.40. The molecule has 0 spiro atoms. The first-order chi connectivity index (χ1) is 10.1. The van der Waals surface area contributed by atoms with Crippen LogP contribution in [0.5, 0.6) is 0 Å². The van der Waals surface area contributed by atoms with E-state index in [1.807, 2.05) is 4.90 Å². The van der Waals surface area contributed by atoms with Crippen molar-refractivity contribution in [2.45, 2.75) is 51.9 Å². The monoisotopic (exact) mass is 296 g/mol. The first kappa shape index (κ1) is 16.3. The van der Waals surface area contributed by atoms with Crippen LogP contribution in [0, 0.1) is 5.41 Å². The van der Waals surface area contributed by atoms with Gasteiger partial charge in [-0.05, 0) is 25.8 Å². The van der Waals surface area contributed by atoms with E-state index in [2.05, 4.69) is 11.8 Å². The summed E-state index contributed by atoms with van der Waals surface area (Å²) in [5.41, 5.74) is -0.796. The second kappa shape index (κ2) is 7.25. The molecule has 1 amide bonds. The minimum absolute atomic E-state index is 0.0375. The molecular formula is C16H28N2O3. The number of hydrogen-bond donors (Lipinski definition) is 1. The van der Waals surface area contributed by atoms with Gasteiger partial charge in [0.1, 0.15) is 0 Å². The van der Waals surface area contributed by atoms with Crippen LogP contribution >= 0.6 is 0 Å². The van der Waals surface area contributed by atoms with Crippen LogP contribution < -0.4 is 0 Å². The number of carbonyl (C=O) groups is 2. The number of hydrogen-bond acceptors (Lipinski definition) is 3. The van der Waals surface area contributed by atoms with Gasteiger partial charge in [0, 0.05) is 32.6 Å². The van der Waals surface area contributed by atoms with Crippen molar-refractivity contribution >= 4 is 11.9 Å². The number of carboxylic acid groups (broad SMARTS) is 1. The number of carbonyl (C=O) groups excluding carboxylic acids is 1. The molecule has 2 aliphatic rings. The molecule has 0 aromatic rings. The highest BCUT2D eigenvalue weighted by atomic mass is 16.4. The number of piperazine rings is 1. The first-order valence-corrected chi connectivity index (χ1v) is 8.31. The van der Waals surface area contributed by atoms with Crippen molar-refractivity contribution in [3.63, 3.8) is 0 Å². The minimum Gasteiger partial charge on any atom is -0.481 e. The normalized spacial score (nSPS) is 23.0. The Balaban J connectivity index is 1.90. The average Bonchev–Trinajstić information content (AvgIpc) is 2.49. The van der Waals surface area contributed by atoms with Crippen LogP contribution in [0.25, 0.3) is 0 Å². The van der Waals surface area contributed by atoms with Crippen LogP contribution in [0.1, 0.15) is 51.9 Å². The Labute approximate surface area is 127 Å². The number of nitrogens with zero attached hydrogens (tertiary/aromatic N) is 2. The van der Waals surface area contributed by atoms with Gasteiger partial charge >= 0.3 is 5.97 Å². The summed E-state index contributed by atoms with van der Waals surface area (Å²) in [6, 6.07) is 0. The third-order valence-electron chi connectivity index (χ3n) is 5.02. The molecule has 2 rings (SSSR count). The molecule has 1 heterocycles. The first-order valence-electron chi connectivity index (χ1n) is 8.31. The maximum Gasteiger partial charge on any atom is 0.310 e. The topological polar surface area (TPSA) is 60.9 Å². The quantitative estimate of drug-likeness (QED) is 0.842. The molecule has 5 nitrogen and oxygen atoms in total. The van der Waals surface area contributed by atoms with E-state index in [-0.39, 0.29) is 12.3 Å². The van der Waals surface area contributed by atoms with Crippen LogP contribution in [0.15, 0.2) is 0 Å². The number of carboxylic acids is 1. The van der Waals surface area contributed by atoms with Gasteiger partial charge in [0.25, 0.3) is 0 Å². The average molecular weight is 296 g/mol. The van der Waals surface area contributed by atoms with E-state index >= 15 is 0 Å². The third-order valence-corrected chi connectivity index (χ3v) is 5.02. The van der Waals surface area contributed by atoms with E-state index in [0.29, 0.717) is 12.8 Å². The number of amides is 1. The predicted molar refractivity (Wildman–Crippen MR) is 81.1 cm³/mol. The van der Waals surface area contributed by atoms with E-state index in [9.17, 15) is 14.7 Å². The minimum atomic E-state index is -0.796. The standard InChI is InChI=1S/C16H28N2O3/c1-2-8-17-9-11-18(12-10-17)14(19)13-16(15(20)21)6-4-3-5-7-16/h2-13H2,1H3,(H,20,21). The fraction of sp³-hybridized carbons (Fsp3) is 0.875. The lowest BCUT2D eigenvalue weighted by atomic mass is 9.71. The van der Waals surface area contributed by atoms with E-state index in [4.69, 9.17) is 0 Å². The highest BCUT2D eigenvalue weighted by Gasteiger charge is 2.42. The highest BCUT2D eigenvalue weighted by molar-refractivity contribution is 5.85. The van der Waals surface area contributed by atoms with Crippen molar-refractivity contribution in [3.8, 4) is 0 Å². The molecule has 1 saturated heterocycles. The summed E-state index contributed by atoms with van der Waals surface area (Å²) in [4.78, 5) is 28.4. The van der Waals surface area contributed by atoms with Crippen molar-refractivity contribution in [1.29, 1.82) is 0 Å². The van der Waals surface area contributed by atoms with Crippen molar-refractivity contribution in [1.82, 2.24) is 9.80 Å². The zero-order valence-electron chi connectivity index (χ0n) is 13.1. The fourth-order valence-electron chi connectivity index (χ4n) is 3.63. The molecule has 0 aromatic carbocycles. The lowest BCUT2D eigenvalue weighted by Crippen LogP contribution is -2.50. The lowest BCUT2D eigenvalue weighted by Gasteiger charge is -2.38. The van der Waals surface area contributed by atoms with Gasteiger partial charge < -0.3 is 10.0 Å². The van der Waals surface area contributed by atoms with Gasteiger partial charge in [-0.15, -0.1) is 0 Å². The van der Waals surface area contributed by atoms with Gasteiger partial charge in [0.05, 0.1) is 5.41 Å². The van der Waals surface area contributed by atoms with Crippen LogP contribution in [0.4, 0.5) is 0 Å². The van der Waals surface area contributed by atoms with Crippen molar-refractivity contribution < 1.29 is 14.7 Å². The Hall–Kier alpha value is -1.10. The number of rotatable bonds is 5. The second-order valence-electron chi connectivity index (χ2n) is 6.55. The molecule has 0 atom stereocenters. The van der Waals surface area contributed by atoms with Gasteiger partial charge in [-0.25, -0.2) is 0 Å². The van der Waals surface area contributed by atoms with Crippen LogP contribution in [0.2, 0.25) is 0 Å². The van der Waals surface area contributed by atoms with Crippen LogP contribution in [-0.4, -0.2) is 59.5 Å². The van der Waals surface area contributed by atoms with Crippen molar-refractivity contribution in [2.75, 3.05) is 32.7 Å². The molecular weight excluding hydrogens is 268 g/mol. The summed E-state index contributed by atoms with van der Waals surface area (Å²) in [7, 11) is 0. The molecule has 0 bridgehead atoms. The zero-order chi connectivity index (χ0) is 15.3. The van der Waals surface area contributed by atoms with Crippen molar-refractivity contribution in [3.05, 3.63) is 0 Å². The van der Waals surface area contributed by atoms with Crippen molar-refractivity contribution in [2.24, 2.45) is 5.41 Å². The molecule has 1 N–H and O–H groups in total. The van der Waals surface area contributed by atoms with Gasteiger partial charge in [0.2, 0.25) is 5.91 Å². The molecule has 0 unspecified atom stereocenters. The molecule has 120 valence electrons. The molecule has 5 heteroatoms. The lowest BCUT2D eigenvalue weighted by molar-refractivity contribution is -0.156. The Kier molecular flexibility index (Phi) is 5.62. The molecule has 1 aliphatic carbocycles. The molecule has 1 saturated carbocycles. The molecule has 1 aliphatic heterocycles. The molecule has 2 fully saturated rings. The van der Waals surface area contributed by atoms with E-state index in [1.165, 1.54) is 0 Å². The maximum absolute atomic E-state index is 12.5. The summed E-state index contributed by atoms with van der Waals surface area (Å²) in [6.45, 7) is 6.57. The summed E-state index contributed by atoms with van der Waals surface area (Å²) in [5.74, 6) is -0.740. The Morgan fingerprint density at radius 3 is 2.19 bits per heavy atom. The largest absolute Gasteiger partial charge is 0.481 e. The Morgan fingerprint density at radius 1 is 1.05 bits per heavy atom. The molecule has 21 heavy (non-hydrogen) atoms. The maximum atomic E-state index is 12.5. The number of aliphatic carboxylic acids is 1. The Bertz CT molecular complexity index is 370. The molecule has 0 radical (unpaired) electrons. The van der Waals surface area contributed by atoms with E-state index in [1.54, 1.807) is 0 Å². The van der Waals surface area contributed by atoms with E-state index < -0.39 is 11.4 Å². The summed E-state index contributed by atoms with van der Waals surface area (Å²) < 4.78 is 0. The second-order valence-corrected chi connectivity index (χ2v) is 6.55. The van der Waals surface area contributed by atoms with Gasteiger partial charge in [-0.2, -0.15) is 0 Å². The fourth-order valence-corrected chi connectivity index (χ4v) is 3.63. The van der Waals surface area contributed by atoms with Gasteiger partial charge in [-0.3, -0.25) is 14.5 Å². The SMILES string of the molecule is CCCN1CCN(C(=O)CC2(C(=O)O)CCCCC2)CC1. The van der Waals surface area contributed by atoms with Gasteiger partial charge in [-0.1, -0.05) is 26.2 Å².